The average molecular weight is 319 g/mol. The van der Waals surface area contributed by atoms with Crippen molar-refractivity contribution in [3.05, 3.63) is 23.8 Å². The molecule has 0 radical (unpaired) electrons. The summed E-state index contributed by atoms with van der Waals surface area (Å²) in [5.41, 5.74) is 0.977. The van der Waals surface area contributed by atoms with Crippen LogP contribution in [-0.2, 0) is 16.4 Å². The smallest absolute Gasteiger partial charge is 0.240 e. The van der Waals surface area contributed by atoms with Gasteiger partial charge in [-0.2, -0.15) is 0 Å². The molecule has 1 aromatic rings. The largest absolute Gasteiger partial charge is 0.493 e. The molecule has 2 aliphatic heterocycles. The van der Waals surface area contributed by atoms with Gasteiger partial charge in [-0.3, -0.25) is 0 Å². The SMILES string of the molecule is Cl.O=S(=O)(N[C@@H]1CCCNC1)c1ccc2c(c1)CCO2. The standard InChI is InChI=1S/C13H18N2O3S.ClH/c16-19(17,15-11-2-1-6-14-9-11)12-3-4-13-10(8-12)5-7-18-13;/h3-4,8,11,14-15H,1-2,5-7,9H2;1H/t11-;/m1./s1. The van der Waals surface area contributed by atoms with Gasteiger partial charge in [0.2, 0.25) is 10.0 Å². The molecule has 0 saturated carbocycles. The first-order valence-electron chi connectivity index (χ1n) is 6.64. The molecule has 0 aliphatic carbocycles. The van der Waals surface area contributed by atoms with Crippen LogP contribution in [0.25, 0.3) is 0 Å². The molecule has 1 saturated heterocycles. The minimum Gasteiger partial charge on any atom is -0.493 e. The van der Waals surface area contributed by atoms with Crippen LogP contribution in [0.1, 0.15) is 18.4 Å². The molecule has 2 heterocycles. The normalized spacial score (nSPS) is 21.7. The summed E-state index contributed by atoms with van der Waals surface area (Å²) in [4.78, 5) is 0.335. The topological polar surface area (TPSA) is 67.4 Å². The maximum absolute atomic E-state index is 12.3. The second-order valence-electron chi connectivity index (χ2n) is 5.03. The number of nitrogens with one attached hydrogen (secondary N) is 2. The third kappa shape index (κ3) is 3.25. The van der Waals surface area contributed by atoms with E-state index in [0.29, 0.717) is 18.0 Å². The first kappa shape index (κ1) is 15.6. The van der Waals surface area contributed by atoms with Crippen molar-refractivity contribution in [3.63, 3.8) is 0 Å². The number of sulfonamides is 1. The first-order chi connectivity index (χ1) is 9.15. The highest BCUT2D eigenvalue weighted by molar-refractivity contribution is 7.89. The lowest BCUT2D eigenvalue weighted by molar-refractivity contribution is 0.356. The van der Waals surface area contributed by atoms with Gasteiger partial charge in [-0.05, 0) is 43.1 Å². The van der Waals surface area contributed by atoms with Gasteiger partial charge in [-0.25, -0.2) is 13.1 Å². The lowest BCUT2D eigenvalue weighted by Gasteiger charge is -2.23. The fraction of sp³-hybridized carbons (Fsp3) is 0.538. The second kappa shape index (κ2) is 6.30. The lowest BCUT2D eigenvalue weighted by atomic mass is 10.1. The van der Waals surface area contributed by atoms with E-state index in [9.17, 15) is 8.42 Å². The van der Waals surface area contributed by atoms with Gasteiger partial charge in [-0.1, -0.05) is 0 Å². The third-order valence-corrected chi connectivity index (χ3v) is 5.11. The van der Waals surface area contributed by atoms with Crippen molar-refractivity contribution in [2.24, 2.45) is 0 Å². The maximum Gasteiger partial charge on any atom is 0.240 e. The molecule has 0 aromatic heterocycles. The van der Waals surface area contributed by atoms with E-state index >= 15 is 0 Å². The van der Waals surface area contributed by atoms with Crippen molar-refractivity contribution < 1.29 is 13.2 Å². The van der Waals surface area contributed by atoms with Crippen LogP contribution in [0.5, 0.6) is 5.75 Å². The predicted octanol–water partition coefficient (Wildman–Crippen LogP) is 1.07. The fourth-order valence-corrected chi connectivity index (χ4v) is 3.89. The zero-order valence-corrected chi connectivity index (χ0v) is 12.7. The summed E-state index contributed by atoms with van der Waals surface area (Å²) in [5, 5.41) is 3.20. The summed E-state index contributed by atoms with van der Waals surface area (Å²) < 4.78 is 32.8. The molecule has 1 aromatic carbocycles. The Hall–Kier alpha value is -0.820. The lowest BCUT2D eigenvalue weighted by Crippen LogP contribution is -2.45. The predicted molar refractivity (Wildman–Crippen MR) is 79.1 cm³/mol. The Balaban J connectivity index is 0.00000147. The average Bonchev–Trinajstić information content (AvgIpc) is 2.86. The first-order valence-corrected chi connectivity index (χ1v) is 8.12. The number of fused-ring (bicyclic) bond motifs is 1. The number of rotatable bonds is 3. The molecule has 1 fully saturated rings. The van der Waals surface area contributed by atoms with Gasteiger partial charge >= 0.3 is 0 Å². The van der Waals surface area contributed by atoms with Gasteiger partial charge in [0, 0.05) is 19.0 Å². The number of ether oxygens (including phenoxy) is 1. The van der Waals surface area contributed by atoms with Crippen LogP contribution in [-0.4, -0.2) is 34.2 Å². The van der Waals surface area contributed by atoms with E-state index in [4.69, 9.17) is 4.74 Å². The second-order valence-corrected chi connectivity index (χ2v) is 6.75. The van der Waals surface area contributed by atoms with E-state index in [0.717, 1.165) is 37.1 Å². The molecular weight excluding hydrogens is 300 g/mol. The van der Waals surface area contributed by atoms with Crippen molar-refractivity contribution in [3.8, 4) is 5.75 Å². The molecule has 0 bridgehead atoms. The maximum atomic E-state index is 12.3. The molecule has 2 aliphatic rings. The van der Waals surface area contributed by atoms with Gasteiger partial charge < -0.3 is 10.1 Å². The van der Waals surface area contributed by atoms with Crippen molar-refractivity contribution in [2.75, 3.05) is 19.7 Å². The van der Waals surface area contributed by atoms with E-state index in [1.807, 2.05) is 0 Å². The van der Waals surface area contributed by atoms with E-state index < -0.39 is 10.0 Å². The Bertz CT molecular complexity index is 571. The summed E-state index contributed by atoms with van der Waals surface area (Å²) in [6.45, 7) is 2.31. The Morgan fingerprint density at radius 1 is 1.35 bits per heavy atom. The Morgan fingerprint density at radius 3 is 2.95 bits per heavy atom. The minimum absolute atomic E-state index is 0. The third-order valence-electron chi connectivity index (χ3n) is 3.59. The molecule has 1 atom stereocenters. The van der Waals surface area contributed by atoms with Crippen molar-refractivity contribution in [1.29, 1.82) is 0 Å². The molecule has 0 amide bonds. The van der Waals surface area contributed by atoms with Crippen LogP contribution in [0.15, 0.2) is 23.1 Å². The fourth-order valence-electron chi connectivity index (χ4n) is 2.57. The number of hydrogen-bond acceptors (Lipinski definition) is 4. The monoisotopic (exact) mass is 318 g/mol. The van der Waals surface area contributed by atoms with Crippen LogP contribution >= 0.6 is 12.4 Å². The summed E-state index contributed by atoms with van der Waals surface area (Å²) in [6.07, 6.45) is 2.68. The van der Waals surface area contributed by atoms with E-state index in [2.05, 4.69) is 10.0 Å². The Labute approximate surface area is 125 Å². The summed E-state index contributed by atoms with van der Waals surface area (Å²) in [7, 11) is -3.43. The van der Waals surface area contributed by atoms with Gasteiger partial charge in [0.15, 0.2) is 0 Å². The summed E-state index contributed by atoms with van der Waals surface area (Å²) >= 11 is 0. The highest BCUT2D eigenvalue weighted by atomic mass is 35.5. The van der Waals surface area contributed by atoms with Crippen molar-refractivity contribution >= 4 is 22.4 Å². The molecule has 3 rings (SSSR count). The highest BCUT2D eigenvalue weighted by Crippen LogP contribution is 2.27. The van der Waals surface area contributed by atoms with Crippen LogP contribution < -0.4 is 14.8 Å². The number of halogens is 1. The molecule has 112 valence electrons. The van der Waals surface area contributed by atoms with Crippen LogP contribution in [0, 0.1) is 0 Å². The van der Waals surface area contributed by atoms with Gasteiger partial charge in [0.1, 0.15) is 5.75 Å². The Kier molecular flexibility index (Phi) is 4.90. The molecule has 2 N–H and O–H groups in total. The molecule has 0 unspecified atom stereocenters. The molecule has 20 heavy (non-hydrogen) atoms. The van der Waals surface area contributed by atoms with Crippen LogP contribution in [0.2, 0.25) is 0 Å². The Morgan fingerprint density at radius 2 is 2.20 bits per heavy atom. The zero-order chi connectivity index (χ0) is 13.3. The molecule has 0 spiro atoms. The van der Waals surface area contributed by atoms with Crippen molar-refractivity contribution in [1.82, 2.24) is 10.0 Å². The number of piperidine rings is 1. The van der Waals surface area contributed by atoms with E-state index in [1.165, 1.54) is 0 Å². The zero-order valence-electron chi connectivity index (χ0n) is 11.1. The van der Waals surface area contributed by atoms with E-state index in [1.54, 1.807) is 18.2 Å². The van der Waals surface area contributed by atoms with Gasteiger partial charge in [0.05, 0.1) is 11.5 Å². The molecular formula is C13H19ClN2O3S. The molecule has 7 heteroatoms. The van der Waals surface area contributed by atoms with Crippen LogP contribution in [0.3, 0.4) is 0 Å². The van der Waals surface area contributed by atoms with Gasteiger partial charge in [0.25, 0.3) is 0 Å². The number of benzene rings is 1. The minimum atomic E-state index is -3.43. The summed E-state index contributed by atoms with van der Waals surface area (Å²) in [6, 6.07) is 5.07. The van der Waals surface area contributed by atoms with Gasteiger partial charge in [-0.15, -0.1) is 12.4 Å². The number of hydrogen-bond donors (Lipinski definition) is 2. The highest BCUT2D eigenvalue weighted by Gasteiger charge is 2.23. The summed E-state index contributed by atoms with van der Waals surface area (Å²) in [5.74, 6) is 0.804. The molecule has 5 nitrogen and oxygen atoms in total. The van der Waals surface area contributed by atoms with E-state index in [-0.39, 0.29) is 18.4 Å². The van der Waals surface area contributed by atoms with Crippen molar-refractivity contribution in [2.45, 2.75) is 30.2 Å². The van der Waals surface area contributed by atoms with Crippen LogP contribution in [0.4, 0.5) is 0 Å². The quantitative estimate of drug-likeness (QED) is 0.875.